The molecule has 0 amide bonds. The van der Waals surface area contributed by atoms with Crippen LogP contribution in [-0.2, 0) is 0 Å². The molecule has 11 aromatic rings. The number of rotatable bonds is 3. The summed E-state index contributed by atoms with van der Waals surface area (Å²) >= 11 is 0. The van der Waals surface area contributed by atoms with E-state index in [1.165, 1.54) is 109 Å². The number of fused-ring (bicyclic) bond motifs is 7. The zero-order valence-corrected chi connectivity index (χ0v) is 27.3. The van der Waals surface area contributed by atoms with Gasteiger partial charge in [0.15, 0.2) is 0 Å². The predicted molar refractivity (Wildman–Crippen MR) is 216 cm³/mol. The van der Waals surface area contributed by atoms with E-state index in [0.29, 0.717) is 0 Å². The van der Waals surface area contributed by atoms with Crippen LogP contribution in [0.1, 0.15) is 0 Å². The van der Waals surface area contributed by atoms with Crippen LogP contribution in [0.4, 0.5) is 0 Å². The molecule has 0 aromatic heterocycles. The maximum absolute atomic E-state index is 2.39. The molecule has 0 radical (unpaired) electrons. The molecule has 11 aromatic carbocycles. The standard InChI is InChI=1S/C50H30/c1-3-13-31(14-4-1)33-25-26-35-30-36(28-27-34(35)29-33)46-38-18-8-10-20-42(38)50-48-40(22-12-24-44(46)48)39-21-11-23-43-45(32-15-5-2-6-16-32)37-17-7-9-19-41(37)49(50)47(39)43/h1-30H. The maximum atomic E-state index is 2.39. The van der Waals surface area contributed by atoms with Crippen LogP contribution in [0.5, 0.6) is 0 Å². The highest BCUT2D eigenvalue weighted by Gasteiger charge is 2.23. The lowest BCUT2D eigenvalue weighted by molar-refractivity contribution is 1.64. The summed E-state index contributed by atoms with van der Waals surface area (Å²) in [5, 5.41) is 18.3. The van der Waals surface area contributed by atoms with Crippen molar-refractivity contribution >= 4 is 75.4 Å². The first-order valence-electron chi connectivity index (χ1n) is 17.4. The zero-order valence-electron chi connectivity index (χ0n) is 27.3. The highest BCUT2D eigenvalue weighted by atomic mass is 14.3. The molecule has 11 rings (SSSR count). The summed E-state index contributed by atoms with van der Waals surface area (Å²) in [5.41, 5.74) is 7.60. The van der Waals surface area contributed by atoms with Gasteiger partial charge in [-0.05, 0) is 121 Å². The monoisotopic (exact) mass is 630 g/mol. The molecule has 0 bridgehead atoms. The average molecular weight is 631 g/mol. The quantitative estimate of drug-likeness (QED) is 0.135. The van der Waals surface area contributed by atoms with Gasteiger partial charge < -0.3 is 0 Å². The lowest BCUT2D eigenvalue weighted by Gasteiger charge is -2.23. The summed E-state index contributed by atoms with van der Waals surface area (Å²) in [5.74, 6) is 0. The van der Waals surface area contributed by atoms with Gasteiger partial charge in [0, 0.05) is 0 Å². The summed E-state index contributed by atoms with van der Waals surface area (Å²) in [6.45, 7) is 0. The third-order valence-electron chi connectivity index (χ3n) is 10.9. The van der Waals surface area contributed by atoms with Crippen LogP contribution in [0.25, 0.3) is 109 Å². The topological polar surface area (TPSA) is 0 Å². The van der Waals surface area contributed by atoms with E-state index in [1.807, 2.05) is 0 Å². The Labute approximate surface area is 289 Å². The van der Waals surface area contributed by atoms with Crippen molar-refractivity contribution in [3.63, 3.8) is 0 Å². The van der Waals surface area contributed by atoms with E-state index in [1.54, 1.807) is 0 Å². The van der Waals surface area contributed by atoms with E-state index in [-0.39, 0.29) is 0 Å². The minimum atomic E-state index is 1.24. The Morgan fingerprint density at radius 3 is 1.14 bits per heavy atom. The molecule has 0 saturated carbocycles. The summed E-state index contributed by atoms with van der Waals surface area (Å²) in [4.78, 5) is 0. The van der Waals surface area contributed by atoms with Crippen LogP contribution in [0, 0.1) is 0 Å². The third-order valence-corrected chi connectivity index (χ3v) is 10.9. The van der Waals surface area contributed by atoms with Crippen LogP contribution >= 0.6 is 0 Å². The third kappa shape index (κ3) is 3.82. The van der Waals surface area contributed by atoms with Crippen molar-refractivity contribution in [2.24, 2.45) is 0 Å². The fraction of sp³-hybridized carbons (Fsp3) is 0. The van der Waals surface area contributed by atoms with Gasteiger partial charge in [0.1, 0.15) is 0 Å². The van der Waals surface area contributed by atoms with Crippen molar-refractivity contribution in [2.75, 3.05) is 0 Å². The van der Waals surface area contributed by atoms with Crippen LogP contribution in [0.2, 0.25) is 0 Å². The summed E-state index contributed by atoms with van der Waals surface area (Å²) in [7, 11) is 0. The molecule has 0 saturated heterocycles. The summed E-state index contributed by atoms with van der Waals surface area (Å²) in [6, 6.07) is 67.4. The fourth-order valence-electron chi connectivity index (χ4n) is 8.86. The Morgan fingerprint density at radius 2 is 0.580 bits per heavy atom. The van der Waals surface area contributed by atoms with Crippen molar-refractivity contribution in [2.45, 2.75) is 0 Å². The van der Waals surface area contributed by atoms with E-state index in [4.69, 9.17) is 0 Å². The van der Waals surface area contributed by atoms with Gasteiger partial charge in [0.25, 0.3) is 0 Å². The minimum Gasteiger partial charge on any atom is -0.0622 e. The molecule has 0 fully saturated rings. The highest BCUT2D eigenvalue weighted by molar-refractivity contribution is 6.45. The van der Waals surface area contributed by atoms with Crippen molar-refractivity contribution in [1.82, 2.24) is 0 Å². The minimum absolute atomic E-state index is 1.24. The zero-order chi connectivity index (χ0) is 32.8. The van der Waals surface area contributed by atoms with Gasteiger partial charge >= 0.3 is 0 Å². The Kier molecular flexibility index (Phi) is 5.76. The molecule has 0 unspecified atom stereocenters. The number of hydrogen-bond donors (Lipinski definition) is 0. The normalized spacial score (nSPS) is 12.0. The number of hydrogen-bond acceptors (Lipinski definition) is 0. The Bertz CT molecular complexity index is 3120. The van der Waals surface area contributed by atoms with E-state index >= 15 is 0 Å². The molecular formula is C50H30. The lowest BCUT2D eigenvalue weighted by atomic mass is 9.80. The van der Waals surface area contributed by atoms with Gasteiger partial charge in [-0.3, -0.25) is 0 Å². The van der Waals surface area contributed by atoms with E-state index in [0.717, 1.165) is 0 Å². The first kappa shape index (κ1) is 27.5. The number of benzene rings is 11. The fourth-order valence-corrected chi connectivity index (χ4v) is 8.86. The second-order valence-corrected chi connectivity index (χ2v) is 13.6. The molecule has 0 aliphatic rings. The van der Waals surface area contributed by atoms with Crippen LogP contribution < -0.4 is 0 Å². The molecule has 0 heterocycles. The molecule has 230 valence electrons. The van der Waals surface area contributed by atoms with Crippen LogP contribution in [0.3, 0.4) is 0 Å². The molecule has 0 aliphatic heterocycles. The predicted octanol–water partition coefficient (Wildman–Crippen LogP) is 14.2. The maximum Gasteiger partial charge on any atom is -0.000740 e. The van der Waals surface area contributed by atoms with Crippen molar-refractivity contribution in [3.05, 3.63) is 182 Å². The summed E-state index contributed by atoms with van der Waals surface area (Å²) in [6.07, 6.45) is 0. The molecule has 0 nitrogen and oxygen atoms in total. The summed E-state index contributed by atoms with van der Waals surface area (Å²) < 4.78 is 0. The molecule has 0 aliphatic carbocycles. The highest BCUT2D eigenvalue weighted by Crippen LogP contribution is 2.51. The van der Waals surface area contributed by atoms with Gasteiger partial charge in [-0.2, -0.15) is 0 Å². The Morgan fingerprint density at radius 1 is 0.200 bits per heavy atom. The van der Waals surface area contributed by atoms with Gasteiger partial charge in [0.05, 0.1) is 0 Å². The van der Waals surface area contributed by atoms with Crippen molar-refractivity contribution < 1.29 is 0 Å². The van der Waals surface area contributed by atoms with E-state index in [9.17, 15) is 0 Å². The van der Waals surface area contributed by atoms with Gasteiger partial charge in [-0.1, -0.05) is 170 Å². The molecule has 50 heavy (non-hydrogen) atoms. The first-order valence-corrected chi connectivity index (χ1v) is 17.4. The van der Waals surface area contributed by atoms with Gasteiger partial charge in [0.2, 0.25) is 0 Å². The Hall–Kier alpha value is -6.50. The van der Waals surface area contributed by atoms with Crippen molar-refractivity contribution in [1.29, 1.82) is 0 Å². The average Bonchev–Trinajstić information content (AvgIpc) is 3.19. The second-order valence-electron chi connectivity index (χ2n) is 13.6. The van der Waals surface area contributed by atoms with Crippen LogP contribution in [0.15, 0.2) is 182 Å². The molecule has 0 atom stereocenters. The van der Waals surface area contributed by atoms with Crippen molar-refractivity contribution in [3.8, 4) is 33.4 Å². The van der Waals surface area contributed by atoms with Gasteiger partial charge in [-0.25, -0.2) is 0 Å². The molecular weight excluding hydrogens is 601 g/mol. The Balaban J connectivity index is 1.29. The molecule has 0 N–H and O–H groups in total. The van der Waals surface area contributed by atoms with E-state index < -0.39 is 0 Å². The molecule has 0 spiro atoms. The SMILES string of the molecule is c1ccc(-c2ccc3cc(-c4c5ccccc5c5c6c4cccc6c4cccc6c(-c7ccccc7)c7ccccc7c5c64)ccc3c2)cc1. The first-order chi connectivity index (χ1) is 24.8. The van der Waals surface area contributed by atoms with Crippen LogP contribution in [-0.4, -0.2) is 0 Å². The van der Waals surface area contributed by atoms with E-state index in [2.05, 4.69) is 182 Å². The molecule has 0 heteroatoms. The largest absolute Gasteiger partial charge is 0.0622 e. The smallest absolute Gasteiger partial charge is 0.000740 e. The lowest BCUT2D eigenvalue weighted by Crippen LogP contribution is -1.94. The van der Waals surface area contributed by atoms with Gasteiger partial charge in [-0.15, -0.1) is 0 Å². The second kappa shape index (κ2) is 10.5.